The van der Waals surface area contributed by atoms with E-state index in [1.807, 2.05) is 12.1 Å². The first-order chi connectivity index (χ1) is 8.94. The fraction of sp³-hybridized carbons (Fsp3) is 0.308. The van der Waals surface area contributed by atoms with Crippen LogP contribution in [-0.4, -0.2) is 16.0 Å². The largest absolute Gasteiger partial charge is 0.399 e. The molecule has 1 heterocycles. The highest BCUT2D eigenvalue weighted by atomic mass is 19.4. The SMILES string of the molecule is Nc1ccc(-c2cnn(CCCC(F)(F)F)c2)cc1. The summed E-state index contributed by atoms with van der Waals surface area (Å²) in [5.74, 6) is 0. The maximum absolute atomic E-state index is 12.0. The van der Waals surface area contributed by atoms with Crippen LogP contribution in [0, 0.1) is 0 Å². The Hall–Kier alpha value is -1.98. The van der Waals surface area contributed by atoms with Gasteiger partial charge >= 0.3 is 6.18 Å². The number of nitrogens with zero attached hydrogens (tertiary/aromatic N) is 2. The molecule has 0 saturated heterocycles. The Kier molecular flexibility index (Phi) is 3.78. The summed E-state index contributed by atoms with van der Waals surface area (Å²) in [4.78, 5) is 0. The standard InChI is InChI=1S/C13H14F3N3/c14-13(15,16)6-1-7-19-9-11(8-18-19)10-2-4-12(17)5-3-10/h2-5,8-9H,1,6-7,17H2. The number of hydrogen-bond donors (Lipinski definition) is 1. The number of aromatic nitrogens is 2. The van der Waals surface area contributed by atoms with E-state index in [0.29, 0.717) is 5.69 Å². The molecule has 3 nitrogen and oxygen atoms in total. The van der Waals surface area contributed by atoms with Gasteiger partial charge in [-0.15, -0.1) is 0 Å². The van der Waals surface area contributed by atoms with Crippen molar-refractivity contribution in [1.82, 2.24) is 9.78 Å². The second kappa shape index (κ2) is 5.34. The molecule has 0 radical (unpaired) electrons. The van der Waals surface area contributed by atoms with Gasteiger partial charge in [0.25, 0.3) is 0 Å². The molecule has 0 aliphatic heterocycles. The topological polar surface area (TPSA) is 43.8 Å². The van der Waals surface area contributed by atoms with Crippen LogP contribution in [0.3, 0.4) is 0 Å². The molecule has 0 unspecified atom stereocenters. The highest BCUT2D eigenvalue weighted by Crippen LogP contribution is 2.23. The molecule has 0 saturated carbocycles. The van der Waals surface area contributed by atoms with Crippen molar-refractivity contribution in [1.29, 1.82) is 0 Å². The zero-order valence-corrected chi connectivity index (χ0v) is 10.2. The van der Waals surface area contributed by atoms with E-state index in [-0.39, 0.29) is 13.0 Å². The van der Waals surface area contributed by atoms with Crippen LogP contribution in [0.2, 0.25) is 0 Å². The lowest BCUT2D eigenvalue weighted by Crippen LogP contribution is -2.09. The van der Waals surface area contributed by atoms with Gasteiger partial charge < -0.3 is 5.73 Å². The van der Waals surface area contributed by atoms with Crippen molar-refractivity contribution in [3.63, 3.8) is 0 Å². The molecule has 0 amide bonds. The van der Waals surface area contributed by atoms with Crippen molar-refractivity contribution in [2.75, 3.05) is 5.73 Å². The predicted octanol–water partition coefficient (Wildman–Crippen LogP) is 3.47. The average Bonchev–Trinajstić information content (AvgIpc) is 2.77. The summed E-state index contributed by atoms with van der Waals surface area (Å²) in [5, 5.41) is 4.05. The first-order valence-electron chi connectivity index (χ1n) is 5.89. The quantitative estimate of drug-likeness (QED) is 0.864. The van der Waals surface area contributed by atoms with Crippen LogP contribution in [0.5, 0.6) is 0 Å². The summed E-state index contributed by atoms with van der Waals surface area (Å²) in [6, 6.07) is 7.26. The van der Waals surface area contributed by atoms with Gasteiger partial charge in [-0.3, -0.25) is 4.68 Å². The third kappa shape index (κ3) is 4.01. The lowest BCUT2D eigenvalue weighted by atomic mass is 10.1. The number of halogens is 3. The normalized spacial score (nSPS) is 11.7. The molecule has 0 aliphatic carbocycles. The van der Waals surface area contributed by atoms with E-state index in [4.69, 9.17) is 5.73 Å². The van der Waals surface area contributed by atoms with E-state index in [2.05, 4.69) is 5.10 Å². The van der Waals surface area contributed by atoms with Gasteiger partial charge in [-0.05, 0) is 24.1 Å². The highest BCUT2D eigenvalue weighted by molar-refractivity contribution is 5.63. The van der Waals surface area contributed by atoms with Crippen molar-refractivity contribution in [2.24, 2.45) is 0 Å². The summed E-state index contributed by atoms with van der Waals surface area (Å²) in [5.41, 5.74) is 8.07. The van der Waals surface area contributed by atoms with Gasteiger partial charge in [0.05, 0.1) is 6.20 Å². The fourth-order valence-electron chi connectivity index (χ4n) is 1.75. The van der Waals surface area contributed by atoms with Gasteiger partial charge in [-0.2, -0.15) is 18.3 Å². The Morgan fingerprint density at radius 3 is 2.42 bits per heavy atom. The van der Waals surface area contributed by atoms with Crippen molar-refractivity contribution in [2.45, 2.75) is 25.6 Å². The van der Waals surface area contributed by atoms with Crippen LogP contribution in [0.1, 0.15) is 12.8 Å². The summed E-state index contributed by atoms with van der Waals surface area (Å²) in [7, 11) is 0. The third-order valence-corrected chi connectivity index (χ3v) is 2.72. The first kappa shape index (κ1) is 13.5. The number of aryl methyl sites for hydroxylation is 1. The zero-order chi connectivity index (χ0) is 13.9. The number of hydrogen-bond acceptors (Lipinski definition) is 2. The van der Waals surface area contributed by atoms with Gasteiger partial charge in [0.2, 0.25) is 0 Å². The van der Waals surface area contributed by atoms with Crippen LogP contribution in [-0.2, 0) is 6.54 Å². The minimum Gasteiger partial charge on any atom is -0.399 e. The molecule has 0 atom stereocenters. The van der Waals surface area contributed by atoms with Gasteiger partial charge in [-0.1, -0.05) is 12.1 Å². The molecule has 0 fully saturated rings. The molecule has 102 valence electrons. The Bertz CT molecular complexity index is 529. The Balaban J connectivity index is 1.97. The number of alkyl halides is 3. The molecule has 2 N–H and O–H groups in total. The lowest BCUT2D eigenvalue weighted by Gasteiger charge is -2.05. The minimum atomic E-state index is -4.10. The molecule has 0 aliphatic rings. The van der Waals surface area contributed by atoms with Crippen LogP contribution in [0.25, 0.3) is 11.1 Å². The fourth-order valence-corrected chi connectivity index (χ4v) is 1.75. The van der Waals surface area contributed by atoms with Crippen molar-refractivity contribution in [3.8, 4) is 11.1 Å². The highest BCUT2D eigenvalue weighted by Gasteiger charge is 2.26. The van der Waals surface area contributed by atoms with E-state index in [1.54, 1.807) is 24.5 Å². The Morgan fingerprint density at radius 2 is 1.79 bits per heavy atom. The number of benzene rings is 1. The van der Waals surface area contributed by atoms with E-state index < -0.39 is 12.6 Å². The van der Waals surface area contributed by atoms with E-state index in [9.17, 15) is 13.2 Å². The number of nitrogens with two attached hydrogens (primary N) is 1. The Labute approximate surface area is 108 Å². The molecular weight excluding hydrogens is 255 g/mol. The van der Waals surface area contributed by atoms with Crippen LogP contribution >= 0.6 is 0 Å². The van der Waals surface area contributed by atoms with Gasteiger partial charge in [0.15, 0.2) is 0 Å². The summed E-state index contributed by atoms with van der Waals surface area (Å²) >= 11 is 0. The van der Waals surface area contributed by atoms with Gasteiger partial charge in [0.1, 0.15) is 0 Å². The van der Waals surface area contributed by atoms with Crippen LogP contribution in [0.15, 0.2) is 36.7 Å². The second-order valence-electron chi connectivity index (χ2n) is 4.33. The maximum Gasteiger partial charge on any atom is 0.389 e. The molecule has 2 aromatic rings. The number of anilines is 1. The second-order valence-corrected chi connectivity index (χ2v) is 4.33. The van der Waals surface area contributed by atoms with Gasteiger partial charge in [0, 0.05) is 30.4 Å². The monoisotopic (exact) mass is 269 g/mol. The molecule has 1 aromatic heterocycles. The summed E-state index contributed by atoms with van der Waals surface area (Å²) in [6.45, 7) is 0.258. The maximum atomic E-state index is 12.0. The molecule has 1 aromatic carbocycles. The number of nitrogen functional groups attached to an aromatic ring is 1. The van der Waals surface area contributed by atoms with Crippen LogP contribution in [0.4, 0.5) is 18.9 Å². The Morgan fingerprint density at radius 1 is 1.11 bits per heavy atom. The molecule has 2 rings (SSSR count). The summed E-state index contributed by atoms with van der Waals surface area (Å²) < 4.78 is 37.6. The van der Waals surface area contributed by atoms with Crippen molar-refractivity contribution < 1.29 is 13.2 Å². The van der Waals surface area contributed by atoms with Gasteiger partial charge in [-0.25, -0.2) is 0 Å². The van der Waals surface area contributed by atoms with Crippen molar-refractivity contribution >= 4 is 5.69 Å². The molecule has 0 bridgehead atoms. The predicted molar refractivity (Wildman–Crippen MR) is 67.4 cm³/mol. The molecule has 6 heteroatoms. The van der Waals surface area contributed by atoms with Crippen molar-refractivity contribution in [3.05, 3.63) is 36.7 Å². The van der Waals surface area contributed by atoms with E-state index >= 15 is 0 Å². The zero-order valence-electron chi connectivity index (χ0n) is 10.2. The van der Waals surface area contributed by atoms with Crippen LogP contribution < -0.4 is 5.73 Å². The smallest absolute Gasteiger partial charge is 0.389 e. The van der Waals surface area contributed by atoms with E-state index in [0.717, 1.165) is 11.1 Å². The minimum absolute atomic E-state index is 0.0341. The van der Waals surface area contributed by atoms with E-state index in [1.165, 1.54) is 4.68 Å². The number of rotatable bonds is 4. The average molecular weight is 269 g/mol. The first-order valence-corrected chi connectivity index (χ1v) is 5.89. The molecule has 19 heavy (non-hydrogen) atoms. The third-order valence-electron chi connectivity index (χ3n) is 2.72. The lowest BCUT2D eigenvalue weighted by molar-refractivity contribution is -0.136. The summed E-state index contributed by atoms with van der Waals surface area (Å²) in [6.07, 6.45) is -1.48. The molecular formula is C13H14F3N3. The molecule has 0 spiro atoms.